The summed E-state index contributed by atoms with van der Waals surface area (Å²) in [6, 6.07) is 33.1. The largest absolute Gasteiger partial charge is 0.497 e. The number of carbonyl (C=O) groups is 3. The highest BCUT2D eigenvalue weighted by Crippen LogP contribution is 2.27. The van der Waals surface area contributed by atoms with Crippen LogP contribution in [0.4, 0.5) is 0 Å². The van der Waals surface area contributed by atoms with Gasteiger partial charge in [-0.05, 0) is 120 Å². The molecule has 6 rings (SSSR count). The topological polar surface area (TPSA) is 88.1 Å². The summed E-state index contributed by atoms with van der Waals surface area (Å²) in [5.74, 6) is 0.485. The Labute approximate surface area is 259 Å². The lowest BCUT2D eigenvalue weighted by Crippen LogP contribution is -2.09. The van der Waals surface area contributed by atoms with Crippen molar-refractivity contribution in [3.63, 3.8) is 0 Å². The molecule has 0 aliphatic rings. The number of carbonyl (C=O) groups excluding carboxylic acids is 3. The molecule has 0 amide bonds. The molecule has 0 fully saturated rings. The van der Waals surface area contributed by atoms with Gasteiger partial charge in [0.25, 0.3) is 0 Å². The highest BCUT2D eigenvalue weighted by atomic mass is 16.5. The van der Waals surface area contributed by atoms with Crippen molar-refractivity contribution >= 4 is 39.5 Å². The van der Waals surface area contributed by atoms with Gasteiger partial charge in [0.2, 0.25) is 0 Å². The molecular formula is C38H28O7. The van der Waals surface area contributed by atoms with E-state index in [1.54, 1.807) is 110 Å². The summed E-state index contributed by atoms with van der Waals surface area (Å²) in [5.41, 5.74) is 3.17. The molecule has 0 unspecified atom stereocenters. The molecule has 0 heterocycles. The van der Waals surface area contributed by atoms with Crippen molar-refractivity contribution in [3.05, 3.63) is 143 Å². The maximum absolute atomic E-state index is 13.0. The van der Waals surface area contributed by atoms with Crippen LogP contribution < -0.4 is 18.9 Å². The quantitative estimate of drug-likeness (QED) is 0.135. The fraction of sp³-hybridized carbons (Fsp3) is 0.0789. The number of esters is 3. The van der Waals surface area contributed by atoms with Gasteiger partial charge < -0.3 is 18.9 Å². The van der Waals surface area contributed by atoms with Crippen molar-refractivity contribution in [2.45, 2.75) is 13.8 Å². The second-order valence-corrected chi connectivity index (χ2v) is 10.6. The van der Waals surface area contributed by atoms with Crippen molar-refractivity contribution in [1.82, 2.24) is 0 Å². The van der Waals surface area contributed by atoms with Gasteiger partial charge in [0.05, 0.1) is 23.8 Å². The van der Waals surface area contributed by atoms with E-state index in [4.69, 9.17) is 18.9 Å². The third-order valence-electron chi connectivity index (χ3n) is 7.37. The molecule has 0 bridgehead atoms. The Morgan fingerprint density at radius 1 is 0.444 bits per heavy atom. The lowest BCUT2D eigenvalue weighted by atomic mass is 10.1. The van der Waals surface area contributed by atoms with E-state index in [9.17, 15) is 14.4 Å². The highest BCUT2D eigenvalue weighted by Gasteiger charge is 2.14. The SMILES string of the molecule is COc1ccc(C(=O)Oc2ccc3cc(C(=O)Oc4ccc5cc(C(=O)Oc6ccc(C)cc6C)ccc5c4)ccc3c2)cc1. The Hall–Kier alpha value is -5.95. The summed E-state index contributed by atoms with van der Waals surface area (Å²) in [7, 11) is 1.56. The van der Waals surface area contributed by atoms with Crippen molar-refractivity contribution in [3.8, 4) is 23.0 Å². The van der Waals surface area contributed by atoms with Gasteiger partial charge in [-0.2, -0.15) is 0 Å². The standard InChI is InChI=1S/C38H28O7/c1-23-4-17-35(24(2)18-23)45-38(41)31-8-6-29-22-34(16-12-27(29)20-31)44-37(40)30-7-5-28-21-33(15-11-26(28)19-30)43-36(39)25-9-13-32(42-3)14-10-25/h4-22H,1-3H3. The van der Waals surface area contributed by atoms with Crippen LogP contribution in [-0.4, -0.2) is 25.0 Å². The molecule has 6 aromatic rings. The number of aryl methyl sites for hydroxylation is 2. The van der Waals surface area contributed by atoms with Crippen LogP contribution in [0.1, 0.15) is 42.2 Å². The van der Waals surface area contributed by atoms with Gasteiger partial charge in [-0.3, -0.25) is 0 Å². The normalized spacial score (nSPS) is 10.8. The number of ether oxygens (including phenoxy) is 4. The number of hydrogen-bond acceptors (Lipinski definition) is 7. The molecule has 7 heteroatoms. The maximum atomic E-state index is 13.0. The Kier molecular flexibility index (Phi) is 7.99. The van der Waals surface area contributed by atoms with Crippen LogP contribution in [0.5, 0.6) is 23.0 Å². The van der Waals surface area contributed by atoms with Crippen LogP contribution in [0.25, 0.3) is 21.5 Å². The molecule has 0 saturated heterocycles. The molecule has 0 spiro atoms. The van der Waals surface area contributed by atoms with E-state index in [0.717, 1.165) is 32.7 Å². The zero-order chi connectivity index (χ0) is 31.5. The predicted octanol–water partition coefficient (Wildman–Crippen LogP) is 8.28. The van der Waals surface area contributed by atoms with Gasteiger partial charge in [-0.25, -0.2) is 14.4 Å². The molecule has 0 aliphatic carbocycles. The summed E-state index contributed by atoms with van der Waals surface area (Å²) in [6.45, 7) is 3.88. The predicted molar refractivity (Wildman–Crippen MR) is 172 cm³/mol. The lowest BCUT2D eigenvalue weighted by Gasteiger charge is -2.10. The third kappa shape index (κ3) is 6.53. The highest BCUT2D eigenvalue weighted by molar-refractivity contribution is 5.99. The fourth-order valence-corrected chi connectivity index (χ4v) is 4.96. The van der Waals surface area contributed by atoms with E-state index in [0.29, 0.717) is 39.7 Å². The van der Waals surface area contributed by atoms with E-state index in [2.05, 4.69) is 0 Å². The third-order valence-corrected chi connectivity index (χ3v) is 7.37. The first-order valence-corrected chi connectivity index (χ1v) is 14.2. The molecule has 222 valence electrons. The van der Waals surface area contributed by atoms with Crippen LogP contribution in [0.3, 0.4) is 0 Å². The summed E-state index contributed by atoms with van der Waals surface area (Å²) < 4.78 is 21.9. The smallest absolute Gasteiger partial charge is 0.343 e. The van der Waals surface area contributed by atoms with Crippen molar-refractivity contribution in [2.24, 2.45) is 0 Å². The van der Waals surface area contributed by atoms with Gasteiger partial charge in [0.15, 0.2) is 0 Å². The summed E-state index contributed by atoms with van der Waals surface area (Å²) >= 11 is 0. The van der Waals surface area contributed by atoms with Gasteiger partial charge in [0.1, 0.15) is 23.0 Å². The minimum Gasteiger partial charge on any atom is -0.497 e. The average molecular weight is 597 g/mol. The molecule has 0 atom stereocenters. The fourth-order valence-electron chi connectivity index (χ4n) is 4.96. The van der Waals surface area contributed by atoms with Gasteiger partial charge in [0, 0.05) is 0 Å². The van der Waals surface area contributed by atoms with Crippen molar-refractivity contribution in [1.29, 1.82) is 0 Å². The lowest BCUT2D eigenvalue weighted by molar-refractivity contribution is 0.0724. The minimum atomic E-state index is -0.514. The summed E-state index contributed by atoms with van der Waals surface area (Å²) in [4.78, 5) is 38.3. The first-order chi connectivity index (χ1) is 21.7. The van der Waals surface area contributed by atoms with Crippen LogP contribution in [0.15, 0.2) is 115 Å². The number of rotatable bonds is 7. The Bertz CT molecular complexity index is 2090. The average Bonchev–Trinajstić information content (AvgIpc) is 3.05. The number of fused-ring (bicyclic) bond motifs is 2. The number of methoxy groups -OCH3 is 1. The Balaban J connectivity index is 1.12. The zero-order valence-corrected chi connectivity index (χ0v) is 24.8. The first kappa shape index (κ1) is 29.1. The molecule has 0 aliphatic heterocycles. The number of hydrogen-bond donors (Lipinski definition) is 0. The summed E-state index contributed by atoms with van der Waals surface area (Å²) in [6.07, 6.45) is 0. The minimum absolute atomic E-state index is 0.370. The molecule has 7 nitrogen and oxygen atoms in total. The molecule has 0 saturated carbocycles. The van der Waals surface area contributed by atoms with Gasteiger partial charge >= 0.3 is 17.9 Å². The van der Waals surface area contributed by atoms with Gasteiger partial charge in [-0.1, -0.05) is 42.0 Å². The molecule has 6 aromatic carbocycles. The van der Waals surface area contributed by atoms with Crippen LogP contribution in [0, 0.1) is 13.8 Å². The van der Waals surface area contributed by atoms with E-state index >= 15 is 0 Å². The second-order valence-electron chi connectivity index (χ2n) is 10.6. The van der Waals surface area contributed by atoms with Crippen LogP contribution in [-0.2, 0) is 0 Å². The van der Waals surface area contributed by atoms with E-state index < -0.39 is 17.9 Å². The van der Waals surface area contributed by atoms with E-state index in [1.165, 1.54) is 0 Å². The van der Waals surface area contributed by atoms with Crippen LogP contribution >= 0.6 is 0 Å². The van der Waals surface area contributed by atoms with Crippen molar-refractivity contribution < 1.29 is 33.3 Å². The molecule has 45 heavy (non-hydrogen) atoms. The van der Waals surface area contributed by atoms with E-state index in [1.807, 2.05) is 26.0 Å². The molecule has 0 N–H and O–H groups in total. The maximum Gasteiger partial charge on any atom is 0.343 e. The first-order valence-electron chi connectivity index (χ1n) is 14.2. The molecule has 0 radical (unpaired) electrons. The van der Waals surface area contributed by atoms with Crippen LogP contribution in [0.2, 0.25) is 0 Å². The zero-order valence-electron chi connectivity index (χ0n) is 24.8. The van der Waals surface area contributed by atoms with E-state index in [-0.39, 0.29) is 0 Å². The molecule has 0 aromatic heterocycles. The molecular weight excluding hydrogens is 568 g/mol. The summed E-state index contributed by atoms with van der Waals surface area (Å²) in [5, 5.41) is 3.19. The number of benzene rings is 6. The monoisotopic (exact) mass is 596 g/mol. The second kappa shape index (κ2) is 12.3. The Morgan fingerprint density at radius 3 is 1.42 bits per heavy atom. The Morgan fingerprint density at radius 2 is 0.889 bits per heavy atom. The van der Waals surface area contributed by atoms with Crippen molar-refractivity contribution in [2.75, 3.05) is 7.11 Å². The van der Waals surface area contributed by atoms with Gasteiger partial charge in [-0.15, -0.1) is 0 Å².